The Morgan fingerprint density at radius 1 is 1.24 bits per heavy atom. The van der Waals surface area contributed by atoms with Crippen LogP contribution in [0, 0.1) is 11.8 Å². The van der Waals surface area contributed by atoms with Crippen LogP contribution < -0.4 is 0 Å². The van der Waals surface area contributed by atoms with Gasteiger partial charge in [0.15, 0.2) is 0 Å². The molecule has 4 heteroatoms. The van der Waals surface area contributed by atoms with Gasteiger partial charge < -0.3 is 4.90 Å². The summed E-state index contributed by atoms with van der Waals surface area (Å²) in [5, 5.41) is 0. The molecule has 0 spiro atoms. The van der Waals surface area contributed by atoms with Crippen LogP contribution in [0.25, 0.3) is 0 Å². The first-order valence-corrected chi connectivity index (χ1v) is 8.77. The van der Waals surface area contributed by atoms with Crippen LogP contribution in [0.3, 0.4) is 0 Å². The molecule has 4 rings (SSSR count). The first-order valence-electron chi connectivity index (χ1n) is 8.36. The van der Waals surface area contributed by atoms with Gasteiger partial charge in [0.05, 0.1) is 11.4 Å². The first-order chi connectivity index (χ1) is 10.3. The molecule has 0 amide bonds. The van der Waals surface area contributed by atoms with Crippen molar-refractivity contribution in [3.8, 4) is 0 Å². The highest BCUT2D eigenvalue weighted by molar-refractivity contribution is 7.80. The number of hydrogen-bond acceptors (Lipinski definition) is 4. The van der Waals surface area contributed by atoms with Crippen LogP contribution in [0.5, 0.6) is 0 Å². The molecule has 1 atom stereocenters. The zero-order valence-corrected chi connectivity index (χ0v) is 13.7. The van der Waals surface area contributed by atoms with Crippen LogP contribution in [-0.4, -0.2) is 39.4 Å². The number of rotatable bonds is 6. The van der Waals surface area contributed by atoms with Gasteiger partial charge in [-0.25, -0.2) is 0 Å². The molecule has 3 aliphatic rings. The predicted octanol–water partition coefficient (Wildman–Crippen LogP) is 3.27. The van der Waals surface area contributed by atoms with Crippen molar-refractivity contribution in [1.29, 1.82) is 0 Å². The van der Waals surface area contributed by atoms with E-state index >= 15 is 0 Å². The summed E-state index contributed by atoms with van der Waals surface area (Å²) >= 11 is 5.84. The highest BCUT2D eigenvalue weighted by Gasteiger charge is 2.37. The van der Waals surface area contributed by atoms with E-state index in [2.05, 4.69) is 21.8 Å². The van der Waals surface area contributed by atoms with Gasteiger partial charge in [-0.05, 0) is 44.7 Å². The zero-order chi connectivity index (χ0) is 14.7. The molecular formula is C17H25N3S. The van der Waals surface area contributed by atoms with Gasteiger partial charge in [0.2, 0.25) is 0 Å². The van der Waals surface area contributed by atoms with E-state index in [1.165, 1.54) is 45.2 Å². The lowest BCUT2D eigenvalue weighted by Gasteiger charge is -2.45. The summed E-state index contributed by atoms with van der Waals surface area (Å²) in [6.45, 7) is 5.88. The smallest absolute Gasteiger partial charge is 0.0987 e. The van der Waals surface area contributed by atoms with Crippen molar-refractivity contribution in [2.75, 3.05) is 19.6 Å². The SMILES string of the molecule is CCCCCc1nccnc1C(=S)C1CN2CCC1CC2. The van der Waals surface area contributed by atoms with Crippen LogP contribution in [0.2, 0.25) is 0 Å². The molecule has 1 aromatic rings. The van der Waals surface area contributed by atoms with E-state index in [9.17, 15) is 0 Å². The summed E-state index contributed by atoms with van der Waals surface area (Å²) in [6, 6.07) is 0. The monoisotopic (exact) mass is 303 g/mol. The largest absolute Gasteiger partial charge is 0.303 e. The Balaban J connectivity index is 1.75. The fourth-order valence-corrected chi connectivity index (χ4v) is 4.17. The molecule has 3 aliphatic heterocycles. The van der Waals surface area contributed by atoms with Gasteiger partial charge in [-0.15, -0.1) is 0 Å². The summed E-state index contributed by atoms with van der Waals surface area (Å²) in [7, 11) is 0. The third-order valence-electron chi connectivity index (χ3n) is 5.02. The molecule has 0 radical (unpaired) electrons. The van der Waals surface area contributed by atoms with E-state index < -0.39 is 0 Å². The van der Waals surface area contributed by atoms with Crippen molar-refractivity contribution in [3.05, 3.63) is 23.8 Å². The lowest BCUT2D eigenvalue weighted by Crippen LogP contribution is -2.50. The van der Waals surface area contributed by atoms with Gasteiger partial charge in [-0.2, -0.15) is 0 Å². The van der Waals surface area contributed by atoms with E-state index in [-0.39, 0.29) is 0 Å². The second kappa shape index (κ2) is 6.93. The summed E-state index contributed by atoms with van der Waals surface area (Å²) in [5.74, 6) is 1.29. The topological polar surface area (TPSA) is 29.0 Å². The van der Waals surface area contributed by atoms with Crippen molar-refractivity contribution in [1.82, 2.24) is 14.9 Å². The zero-order valence-electron chi connectivity index (χ0n) is 12.9. The minimum atomic E-state index is 0.518. The predicted molar refractivity (Wildman–Crippen MR) is 89.6 cm³/mol. The maximum Gasteiger partial charge on any atom is 0.0987 e. The molecule has 2 bridgehead atoms. The van der Waals surface area contributed by atoms with Crippen molar-refractivity contribution < 1.29 is 0 Å². The van der Waals surface area contributed by atoms with Gasteiger partial charge in [-0.3, -0.25) is 9.97 Å². The van der Waals surface area contributed by atoms with E-state index in [0.29, 0.717) is 5.92 Å². The fraction of sp³-hybridized carbons (Fsp3) is 0.706. The Labute approximate surface area is 133 Å². The summed E-state index contributed by atoms with van der Waals surface area (Å²) in [5.41, 5.74) is 2.13. The standard InChI is InChI=1S/C17H25N3S/c1-2-3-4-5-15-16(19-9-8-18-15)17(21)14-12-20-10-6-13(14)7-11-20/h8-9,13-14H,2-7,10-12H2,1H3. The van der Waals surface area contributed by atoms with E-state index in [1.54, 1.807) is 6.20 Å². The average molecular weight is 303 g/mol. The summed E-state index contributed by atoms with van der Waals surface area (Å²) in [6.07, 6.45) is 10.9. The molecule has 0 aliphatic carbocycles. The Kier molecular flexibility index (Phi) is 4.96. The Hall–Kier alpha value is -0.870. The molecule has 3 nitrogen and oxygen atoms in total. The number of nitrogens with zero attached hydrogens (tertiary/aromatic N) is 3. The molecular weight excluding hydrogens is 278 g/mol. The second-order valence-electron chi connectivity index (χ2n) is 6.42. The Morgan fingerprint density at radius 2 is 2.00 bits per heavy atom. The third kappa shape index (κ3) is 3.32. The molecule has 0 N–H and O–H groups in total. The maximum atomic E-state index is 5.84. The lowest BCUT2D eigenvalue weighted by molar-refractivity contribution is 0.0832. The van der Waals surface area contributed by atoms with Crippen LogP contribution in [0.1, 0.15) is 50.4 Å². The summed E-state index contributed by atoms with van der Waals surface area (Å²) in [4.78, 5) is 12.8. The molecule has 3 saturated heterocycles. The number of aromatic nitrogens is 2. The Morgan fingerprint density at radius 3 is 2.67 bits per heavy atom. The van der Waals surface area contributed by atoms with Crippen molar-refractivity contribution >= 4 is 17.1 Å². The number of hydrogen-bond donors (Lipinski definition) is 0. The molecule has 114 valence electrons. The van der Waals surface area contributed by atoms with E-state index in [1.807, 2.05) is 6.20 Å². The van der Waals surface area contributed by atoms with Gasteiger partial charge in [0, 0.05) is 29.7 Å². The van der Waals surface area contributed by atoms with Crippen molar-refractivity contribution in [3.63, 3.8) is 0 Å². The van der Waals surface area contributed by atoms with Gasteiger partial charge in [0.25, 0.3) is 0 Å². The number of unbranched alkanes of at least 4 members (excludes halogenated alkanes) is 2. The average Bonchev–Trinajstić information content (AvgIpc) is 2.56. The molecule has 0 aromatic carbocycles. The maximum absolute atomic E-state index is 5.84. The molecule has 3 fully saturated rings. The minimum absolute atomic E-state index is 0.518. The second-order valence-corrected chi connectivity index (χ2v) is 6.86. The first kappa shape index (κ1) is 15.0. The molecule has 0 saturated carbocycles. The van der Waals surface area contributed by atoms with Crippen LogP contribution in [0.15, 0.2) is 12.4 Å². The van der Waals surface area contributed by atoms with Crippen LogP contribution in [0.4, 0.5) is 0 Å². The van der Waals surface area contributed by atoms with Gasteiger partial charge in [0.1, 0.15) is 0 Å². The van der Waals surface area contributed by atoms with E-state index in [4.69, 9.17) is 12.2 Å². The highest BCUT2D eigenvalue weighted by Crippen LogP contribution is 2.34. The number of thiocarbonyl (C=S) groups is 1. The molecule has 21 heavy (non-hydrogen) atoms. The van der Waals surface area contributed by atoms with Crippen LogP contribution >= 0.6 is 12.2 Å². The normalized spacial score (nSPS) is 27.8. The molecule has 1 unspecified atom stereocenters. The third-order valence-corrected chi connectivity index (χ3v) is 5.51. The lowest BCUT2D eigenvalue weighted by atomic mass is 9.76. The van der Waals surface area contributed by atoms with Gasteiger partial charge in [-0.1, -0.05) is 32.0 Å². The van der Waals surface area contributed by atoms with E-state index in [0.717, 1.165) is 35.1 Å². The number of fused-ring (bicyclic) bond motifs is 3. The minimum Gasteiger partial charge on any atom is -0.303 e. The fourth-order valence-electron chi connectivity index (χ4n) is 3.74. The van der Waals surface area contributed by atoms with Gasteiger partial charge >= 0.3 is 0 Å². The van der Waals surface area contributed by atoms with Crippen molar-refractivity contribution in [2.45, 2.75) is 45.4 Å². The number of aryl methyl sites for hydroxylation is 1. The van der Waals surface area contributed by atoms with Crippen molar-refractivity contribution in [2.24, 2.45) is 11.8 Å². The Bertz CT molecular complexity index is 495. The highest BCUT2D eigenvalue weighted by atomic mass is 32.1. The summed E-state index contributed by atoms with van der Waals surface area (Å²) < 4.78 is 0. The molecule has 1 aromatic heterocycles. The van der Waals surface area contributed by atoms with Crippen LogP contribution in [-0.2, 0) is 6.42 Å². The number of piperidine rings is 3. The molecule has 4 heterocycles. The quantitative estimate of drug-likeness (QED) is 0.458.